The van der Waals surface area contributed by atoms with Crippen molar-refractivity contribution in [2.45, 2.75) is 0 Å². The Morgan fingerprint density at radius 3 is 2.77 bits per heavy atom. The van der Waals surface area contributed by atoms with Crippen LogP contribution in [0, 0.1) is 0 Å². The van der Waals surface area contributed by atoms with Gasteiger partial charge >= 0.3 is 0 Å². The van der Waals surface area contributed by atoms with Crippen LogP contribution in [-0.2, 0) is 0 Å². The van der Waals surface area contributed by atoms with Gasteiger partial charge < -0.3 is 10.1 Å². The third-order valence-corrected chi connectivity index (χ3v) is 4.51. The lowest BCUT2D eigenvalue weighted by Gasteiger charge is -1.97. The van der Waals surface area contributed by atoms with E-state index in [4.69, 9.17) is 0 Å². The van der Waals surface area contributed by atoms with Gasteiger partial charge in [0.15, 0.2) is 5.88 Å². The number of H-pyrrole nitrogens is 1. The molecule has 5 heteroatoms. The normalized spacial score (nSPS) is 13.5. The van der Waals surface area contributed by atoms with Crippen LogP contribution in [-0.4, -0.2) is 15.1 Å². The van der Waals surface area contributed by atoms with Crippen molar-refractivity contribution in [2.75, 3.05) is 0 Å². The fraction of sp³-hybridized carbons (Fsp3) is 0. The van der Waals surface area contributed by atoms with Crippen LogP contribution in [0.5, 0.6) is 5.88 Å². The maximum absolute atomic E-state index is 10.2. The Labute approximate surface area is 148 Å². The minimum Gasteiger partial charge on any atom is -0.494 e. The standard InChI is InChI=1S/C21H14N4O/c26-21-17(15-5-1-2-6-18(15)23-21)10-13-7-8-16-19(11-13)24-25-20(16)14-4-3-9-22-12-14/h1-12,23,26H. The maximum atomic E-state index is 10.2. The highest BCUT2D eigenvalue weighted by molar-refractivity contribution is 5.91. The summed E-state index contributed by atoms with van der Waals surface area (Å²) in [6, 6.07) is 17.7. The van der Waals surface area contributed by atoms with Crippen molar-refractivity contribution in [3.8, 4) is 5.88 Å². The highest BCUT2D eigenvalue weighted by Gasteiger charge is 2.12. The number of hydrogen-bond acceptors (Lipinski definition) is 4. The predicted molar refractivity (Wildman–Crippen MR) is 100 cm³/mol. The highest BCUT2D eigenvalue weighted by Crippen LogP contribution is 2.27. The zero-order valence-electron chi connectivity index (χ0n) is 13.7. The first-order valence-electron chi connectivity index (χ1n) is 8.27. The number of benzene rings is 2. The fourth-order valence-corrected chi connectivity index (χ4v) is 3.26. The molecule has 0 saturated carbocycles. The van der Waals surface area contributed by atoms with Crippen LogP contribution in [0.15, 0.2) is 77.2 Å². The molecule has 124 valence electrons. The quantitative estimate of drug-likeness (QED) is 0.588. The summed E-state index contributed by atoms with van der Waals surface area (Å²) < 4.78 is 0. The lowest BCUT2D eigenvalue weighted by molar-refractivity contribution is 0.457. The molecule has 2 N–H and O–H groups in total. The molecule has 2 aromatic carbocycles. The molecule has 0 bridgehead atoms. The van der Waals surface area contributed by atoms with Gasteiger partial charge in [-0.2, -0.15) is 0 Å². The SMILES string of the molecule is Oc1[nH]c2ccccc2c1C=c1ccc2c(c1)N=NC=2c1cccnc1. The van der Waals surface area contributed by atoms with Crippen molar-refractivity contribution in [1.29, 1.82) is 0 Å². The molecular weight excluding hydrogens is 324 g/mol. The van der Waals surface area contributed by atoms with Crippen molar-refractivity contribution in [3.05, 3.63) is 88.6 Å². The number of nitrogens with one attached hydrogen (secondary N) is 1. The number of aromatic amines is 1. The summed E-state index contributed by atoms with van der Waals surface area (Å²) in [7, 11) is 0. The Bertz CT molecular complexity index is 1290. The minimum atomic E-state index is 0.163. The van der Waals surface area contributed by atoms with E-state index in [0.717, 1.165) is 43.9 Å². The molecule has 4 aromatic rings. The lowest BCUT2D eigenvalue weighted by atomic mass is 10.1. The third kappa shape index (κ3) is 2.29. The van der Waals surface area contributed by atoms with Gasteiger partial charge in [0.25, 0.3) is 0 Å². The Morgan fingerprint density at radius 2 is 1.88 bits per heavy atom. The molecule has 0 amide bonds. The molecule has 0 aliphatic carbocycles. The number of fused-ring (bicyclic) bond motifs is 2. The summed E-state index contributed by atoms with van der Waals surface area (Å²) in [6.07, 6.45) is 5.47. The van der Waals surface area contributed by atoms with E-state index in [2.05, 4.69) is 20.2 Å². The number of pyridine rings is 1. The number of hydrogen-bond donors (Lipinski definition) is 2. The first-order chi connectivity index (χ1) is 12.8. The van der Waals surface area contributed by atoms with Crippen molar-refractivity contribution in [3.63, 3.8) is 0 Å². The minimum absolute atomic E-state index is 0.163. The van der Waals surface area contributed by atoms with E-state index < -0.39 is 0 Å². The largest absolute Gasteiger partial charge is 0.494 e. The number of aromatic nitrogens is 2. The molecule has 5 nitrogen and oxygen atoms in total. The average Bonchev–Trinajstić information content (AvgIpc) is 3.23. The predicted octanol–water partition coefficient (Wildman–Crippen LogP) is 3.35. The summed E-state index contributed by atoms with van der Waals surface area (Å²) in [4.78, 5) is 7.15. The van der Waals surface area contributed by atoms with Crippen LogP contribution >= 0.6 is 0 Å². The highest BCUT2D eigenvalue weighted by atomic mass is 16.3. The molecule has 0 saturated heterocycles. The zero-order chi connectivity index (χ0) is 17.5. The molecular formula is C21H14N4O. The Hall–Kier alpha value is -3.73. The molecule has 1 aliphatic rings. The van der Waals surface area contributed by atoms with Crippen LogP contribution in [0.4, 0.5) is 5.69 Å². The van der Waals surface area contributed by atoms with Gasteiger partial charge in [-0.3, -0.25) is 4.98 Å². The Kier molecular flexibility index (Phi) is 3.18. The topological polar surface area (TPSA) is 73.6 Å². The molecule has 0 fully saturated rings. The van der Waals surface area contributed by atoms with Crippen molar-refractivity contribution < 1.29 is 5.11 Å². The van der Waals surface area contributed by atoms with Gasteiger partial charge in [0.2, 0.25) is 0 Å². The van der Waals surface area contributed by atoms with Crippen molar-refractivity contribution >= 4 is 28.4 Å². The van der Waals surface area contributed by atoms with Crippen LogP contribution in [0.25, 0.3) is 22.7 Å². The molecule has 0 spiro atoms. The zero-order valence-corrected chi connectivity index (χ0v) is 13.7. The molecule has 0 radical (unpaired) electrons. The van der Waals surface area contributed by atoms with E-state index in [1.165, 1.54) is 0 Å². The number of rotatable bonds is 2. The van der Waals surface area contributed by atoms with E-state index in [1.807, 2.05) is 60.7 Å². The third-order valence-electron chi connectivity index (χ3n) is 4.51. The second kappa shape index (κ2) is 5.67. The second-order valence-electron chi connectivity index (χ2n) is 6.14. The monoisotopic (exact) mass is 338 g/mol. The molecule has 0 atom stereocenters. The van der Waals surface area contributed by atoms with Crippen LogP contribution in [0.3, 0.4) is 0 Å². The van der Waals surface area contributed by atoms with E-state index in [0.29, 0.717) is 0 Å². The summed E-state index contributed by atoms with van der Waals surface area (Å²) >= 11 is 0. The van der Waals surface area contributed by atoms with Gasteiger partial charge in [-0.05, 0) is 41.6 Å². The molecule has 5 rings (SSSR count). The van der Waals surface area contributed by atoms with Crippen LogP contribution in [0.1, 0.15) is 11.1 Å². The first-order valence-corrected chi connectivity index (χ1v) is 8.27. The van der Waals surface area contributed by atoms with Gasteiger partial charge in [0.1, 0.15) is 5.70 Å². The first kappa shape index (κ1) is 14.6. The van der Waals surface area contributed by atoms with E-state index in [9.17, 15) is 5.11 Å². The summed E-state index contributed by atoms with van der Waals surface area (Å²) in [5.74, 6) is 0.163. The van der Waals surface area contributed by atoms with E-state index >= 15 is 0 Å². The smallest absolute Gasteiger partial charge is 0.196 e. The van der Waals surface area contributed by atoms with E-state index in [1.54, 1.807) is 12.4 Å². The fourth-order valence-electron chi connectivity index (χ4n) is 3.26. The summed E-state index contributed by atoms with van der Waals surface area (Å²) in [5.41, 5.74) is 4.27. The van der Waals surface area contributed by atoms with Gasteiger partial charge in [0.05, 0.1) is 5.69 Å². The van der Waals surface area contributed by atoms with Gasteiger partial charge in [0, 0.05) is 39.6 Å². The molecule has 26 heavy (non-hydrogen) atoms. The van der Waals surface area contributed by atoms with Gasteiger partial charge in [-0.1, -0.05) is 24.3 Å². The maximum Gasteiger partial charge on any atom is 0.196 e. The summed E-state index contributed by atoms with van der Waals surface area (Å²) in [6.45, 7) is 0. The molecule has 1 aliphatic heterocycles. The van der Waals surface area contributed by atoms with Crippen LogP contribution < -0.4 is 10.4 Å². The number of aromatic hydroxyl groups is 1. The lowest BCUT2D eigenvalue weighted by Crippen LogP contribution is -2.09. The number of para-hydroxylation sites is 1. The summed E-state index contributed by atoms with van der Waals surface area (Å²) in [5, 5.41) is 21.8. The van der Waals surface area contributed by atoms with Crippen LogP contribution in [0.2, 0.25) is 0 Å². The Morgan fingerprint density at radius 1 is 0.962 bits per heavy atom. The average molecular weight is 338 g/mol. The molecule has 3 heterocycles. The second-order valence-corrected chi connectivity index (χ2v) is 6.14. The van der Waals surface area contributed by atoms with Gasteiger partial charge in [-0.25, -0.2) is 0 Å². The molecule has 2 aromatic heterocycles. The Balaban J connectivity index is 1.68. The number of azo groups is 1. The van der Waals surface area contributed by atoms with Gasteiger partial charge in [-0.15, -0.1) is 10.2 Å². The number of nitrogens with zero attached hydrogens (tertiary/aromatic N) is 3. The van der Waals surface area contributed by atoms with Crippen molar-refractivity contribution in [1.82, 2.24) is 9.97 Å². The molecule has 0 unspecified atom stereocenters. The van der Waals surface area contributed by atoms with E-state index in [-0.39, 0.29) is 5.88 Å². The van der Waals surface area contributed by atoms with Crippen molar-refractivity contribution in [2.24, 2.45) is 10.2 Å².